The molecule has 0 N–H and O–H groups in total. The number of carbonyl (C=O) groups excluding carboxylic acids is 3. The molecule has 7 nitrogen and oxygen atoms in total. The molecule has 0 aromatic heterocycles. The molecule has 1 aromatic carbocycles. The van der Waals surface area contributed by atoms with Crippen LogP contribution in [-0.4, -0.2) is 43.8 Å². The molecular weight excluding hydrogens is 580 g/mol. The summed E-state index contributed by atoms with van der Waals surface area (Å²) in [5.74, 6) is 7.22. The number of allylic oxidation sites excluding steroid dienone is 4. The highest BCUT2D eigenvalue weighted by atomic mass is 35.5. The Hall–Kier alpha value is -3.78. The summed E-state index contributed by atoms with van der Waals surface area (Å²) in [6.45, 7) is 5.54. The molecule has 1 saturated carbocycles. The van der Waals surface area contributed by atoms with Crippen LogP contribution in [0.1, 0.15) is 77.4 Å². The van der Waals surface area contributed by atoms with Gasteiger partial charge in [0.05, 0.1) is 19.8 Å². The molecule has 236 valence electrons. The Kier molecular flexibility index (Phi) is 16.7. The second-order valence-corrected chi connectivity index (χ2v) is 11.1. The maximum Gasteiger partial charge on any atom is 0.352 e. The second kappa shape index (κ2) is 20.2. The number of esters is 3. The monoisotopic (exact) mass is 622 g/mol. The lowest BCUT2D eigenvalue weighted by Gasteiger charge is -2.22. The molecule has 1 aliphatic carbocycles. The number of carbonyl (C=O) groups is 3. The molecule has 8 heteroatoms. The van der Waals surface area contributed by atoms with Crippen LogP contribution >= 0.6 is 11.6 Å². The third kappa shape index (κ3) is 13.2. The molecule has 2 rings (SSSR count). The van der Waals surface area contributed by atoms with E-state index < -0.39 is 24.1 Å². The minimum atomic E-state index is -1.29. The van der Waals surface area contributed by atoms with Gasteiger partial charge in [-0.3, -0.25) is 9.59 Å². The van der Waals surface area contributed by atoms with Crippen LogP contribution in [0.2, 0.25) is 5.02 Å². The van der Waals surface area contributed by atoms with Crippen molar-refractivity contribution in [3.63, 3.8) is 0 Å². The van der Waals surface area contributed by atoms with Crippen molar-refractivity contribution in [3.05, 3.63) is 70.8 Å². The highest BCUT2D eigenvalue weighted by Gasteiger charge is 2.39. The molecule has 0 amide bonds. The van der Waals surface area contributed by atoms with Crippen molar-refractivity contribution in [2.24, 2.45) is 11.8 Å². The largest absolute Gasteiger partial charge is 0.469 e. The molecule has 1 fully saturated rings. The number of halogens is 1. The van der Waals surface area contributed by atoms with E-state index in [1.54, 1.807) is 36.4 Å². The summed E-state index contributed by atoms with van der Waals surface area (Å²) in [5.41, 5.74) is 1.34. The van der Waals surface area contributed by atoms with E-state index in [0.29, 0.717) is 55.2 Å². The summed E-state index contributed by atoms with van der Waals surface area (Å²) in [5, 5.41) is 0.300. The minimum Gasteiger partial charge on any atom is -0.469 e. The Labute approximate surface area is 267 Å². The molecular formula is C36H43ClO7. The van der Waals surface area contributed by atoms with Crippen LogP contribution in [0.4, 0.5) is 0 Å². The van der Waals surface area contributed by atoms with Crippen LogP contribution in [0, 0.1) is 36.0 Å². The summed E-state index contributed by atoms with van der Waals surface area (Å²) in [6.07, 6.45) is 17.1. The van der Waals surface area contributed by atoms with Gasteiger partial charge in [0.2, 0.25) is 6.10 Å². The van der Waals surface area contributed by atoms with E-state index in [2.05, 4.69) is 36.8 Å². The fourth-order valence-electron chi connectivity index (χ4n) is 4.84. The van der Waals surface area contributed by atoms with Gasteiger partial charge in [-0.15, -0.1) is 18.3 Å². The average molecular weight is 623 g/mol. The second-order valence-electron chi connectivity index (χ2n) is 10.7. The van der Waals surface area contributed by atoms with Crippen molar-refractivity contribution in [1.82, 2.24) is 0 Å². The lowest BCUT2D eigenvalue weighted by atomic mass is 10.00. The first-order valence-electron chi connectivity index (χ1n) is 14.9. The lowest BCUT2D eigenvalue weighted by molar-refractivity contribution is -0.172. The summed E-state index contributed by atoms with van der Waals surface area (Å²) < 4.78 is 22.4. The van der Waals surface area contributed by atoms with Crippen molar-refractivity contribution in [2.45, 2.75) is 84.0 Å². The first-order chi connectivity index (χ1) is 21.2. The summed E-state index contributed by atoms with van der Waals surface area (Å²) in [4.78, 5) is 36.9. The Balaban J connectivity index is 2.20. The summed E-state index contributed by atoms with van der Waals surface area (Å²) >= 11 is 6.34. The number of rotatable bonds is 16. The maximum atomic E-state index is 13.4. The molecule has 0 heterocycles. The van der Waals surface area contributed by atoms with E-state index in [1.807, 2.05) is 13.0 Å². The summed E-state index contributed by atoms with van der Waals surface area (Å²) in [6, 6.07) is 6.72. The van der Waals surface area contributed by atoms with Gasteiger partial charge in [-0.25, -0.2) is 4.79 Å². The molecule has 0 saturated heterocycles. The molecule has 1 aromatic rings. The lowest BCUT2D eigenvalue weighted by Crippen LogP contribution is -2.28. The van der Waals surface area contributed by atoms with Crippen molar-refractivity contribution < 1.29 is 33.3 Å². The number of ether oxygens (including phenoxy) is 4. The van der Waals surface area contributed by atoms with Gasteiger partial charge < -0.3 is 18.9 Å². The number of hydrogen-bond donors (Lipinski definition) is 0. The van der Waals surface area contributed by atoms with Crippen molar-refractivity contribution >= 4 is 29.5 Å². The normalized spacial score (nSPS) is 19.5. The molecule has 5 atom stereocenters. The van der Waals surface area contributed by atoms with Crippen LogP contribution < -0.4 is 0 Å². The topological polar surface area (TPSA) is 88.1 Å². The first-order valence-corrected chi connectivity index (χ1v) is 15.2. The Morgan fingerprint density at radius 3 is 2.64 bits per heavy atom. The van der Waals surface area contributed by atoms with Crippen molar-refractivity contribution in [1.29, 1.82) is 0 Å². The van der Waals surface area contributed by atoms with E-state index in [0.717, 1.165) is 18.4 Å². The van der Waals surface area contributed by atoms with E-state index in [1.165, 1.54) is 14.0 Å². The SMILES string of the molecule is C#C/C=C\C=C(\CCCC(=O)OC)CO[C@@H]1CC(/C=C/CC(C)CC#CC)[C@H](OC(=O)C(OC(C)=O)c2ccccc2Cl)C1. The van der Waals surface area contributed by atoms with Crippen molar-refractivity contribution in [2.75, 3.05) is 13.7 Å². The van der Waals surface area contributed by atoms with Gasteiger partial charge in [0, 0.05) is 42.7 Å². The van der Waals surface area contributed by atoms with Gasteiger partial charge in [0.15, 0.2) is 0 Å². The average Bonchev–Trinajstić information content (AvgIpc) is 3.38. The fourth-order valence-corrected chi connectivity index (χ4v) is 5.07. The fraction of sp³-hybridized carbons (Fsp3) is 0.472. The first kappa shape index (κ1) is 36.4. The third-order valence-electron chi connectivity index (χ3n) is 7.15. The third-order valence-corrected chi connectivity index (χ3v) is 7.49. The van der Waals surface area contributed by atoms with Crippen LogP contribution in [0.3, 0.4) is 0 Å². The number of benzene rings is 1. The minimum absolute atomic E-state index is 0.106. The predicted molar refractivity (Wildman–Crippen MR) is 171 cm³/mol. The van der Waals surface area contributed by atoms with E-state index in [9.17, 15) is 14.4 Å². The van der Waals surface area contributed by atoms with Gasteiger partial charge in [-0.2, -0.15) is 0 Å². The van der Waals surface area contributed by atoms with Crippen LogP contribution in [0.15, 0.2) is 60.2 Å². The number of methoxy groups -OCH3 is 1. The summed E-state index contributed by atoms with van der Waals surface area (Å²) in [7, 11) is 1.37. The Morgan fingerprint density at radius 1 is 1.18 bits per heavy atom. The number of terminal acetylenes is 1. The maximum absolute atomic E-state index is 13.4. The Morgan fingerprint density at radius 2 is 1.95 bits per heavy atom. The highest BCUT2D eigenvalue weighted by molar-refractivity contribution is 6.31. The van der Waals surface area contributed by atoms with E-state index in [4.69, 9.17) is 37.0 Å². The quantitative estimate of drug-likeness (QED) is 0.0638. The smallest absolute Gasteiger partial charge is 0.352 e. The molecule has 0 aliphatic heterocycles. The number of hydrogen-bond acceptors (Lipinski definition) is 7. The van der Waals surface area contributed by atoms with Crippen LogP contribution in [-0.2, 0) is 33.3 Å². The molecule has 0 bridgehead atoms. The van der Waals surface area contributed by atoms with Gasteiger partial charge >= 0.3 is 17.9 Å². The zero-order valence-electron chi connectivity index (χ0n) is 26.1. The predicted octanol–water partition coefficient (Wildman–Crippen LogP) is 7.11. The van der Waals surface area contributed by atoms with E-state index >= 15 is 0 Å². The molecule has 44 heavy (non-hydrogen) atoms. The molecule has 0 radical (unpaired) electrons. The van der Waals surface area contributed by atoms with E-state index in [-0.39, 0.29) is 18.0 Å². The van der Waals surface area contributed by atoms with Crippen LogP contribution in [0.25, 0.3) is 0 Å². The molecule has 1 aliphatic rings. The zero-order valence-corrected chi connectivity index (χ0v) is 26.8. The van der Waals surface area contributed by atoms with Crippen molar-refractivity contribution in [3.8, 4) is 24.2 Å². The van der Waals surface area contributed by atoms with Gasteiger partial charge in [0.1, 0.15) is 6.10 Å². The van der Waals surface area contributed by atoms with Gasteiger partial charge in [-0.1, -0.05) is 66.9 Å². The Bertz CT molecular complexity index is 1290. The molecule has 0 spiro atoms. The molecule has 3 unspecified atom stereocenters. The van der Waals surface area contributed by atoms with Crippen LogP contribution in [0.5, 0.6) is 0 Å². The van der Waals surface area contributed by atoms with Gasteiger partial charge in [-0.05, 0) is 56.2 Å². The highest BCUT2D eigenvalue weighted by Crippen LogP contribution is 2.35. The standard InChI is InChI=1S/C36H43ClO7/c1-6-8-10-17-28(18-14-22-34(39)41-5)25-42-30-23-29(19-13-16-26(3)15-9-7-2)33(24-30)44-36(40)35(43-27(4)38)31-20-11-12-21-32(31)37/h1,8,10-13,17,19-21,26,29-30,33,35H,14-16,18,22-25H2,2-5H3/b10-8-,19-13+,28-17-/t26?,29?,30-,33-,35?/m1/s1. The zero-order chi connectivity index (χ0) is 32.3. The van der Waals surface area contributed by atoms with Gasteiger partial charge in [0.25, 0.3) is 0 Å².